The highest BCUT2D eigenvalue weighted by Gasteiger charge is 2.12. The summed E-state index contributed by atoms with van der Waals surface area (Å²) in [5, 5.41) is 10.8. The predicted octanol–water partition coefficient (Wildman–Crippen LogP) is 2.95. The Morgan fingerprint density at radius 3 is 2.78 bits per heavy atom. The number of ether oxygens (including phenoxy) is 1. The Balaban J connectivity index is 2.54. The molecule has 1 heterocycles. The van der Waals surface area contributed by atoms with Crippen LogP contribution in [-0.2, 0) is 0 Å². The van der Waals surface area contributed by atoms with Crippen molar-refractivity contribution in [2.24, 2.45) is 0 Å². The first-order chi connectivity index (χ1) is 8.61. The van der Waals surface area contributed by atoms with Gasteiger partial charge in [0.15, 0.2) is 0 Å². The second-order valence-electron chi connectivity index (χ2n) is 3.54. The molecule has 18 heavy (non-hydrogen) atoms. The van der Waals surface area contributed by atoms with E-state index in [0.717, 1.165) is 0 Å². The van der Waals surface area contributed by atoms with Crippen molar-refractivity contribution >= 4 is 18.3 Å². The molecule has 0 saturated heterocycles. The molecule has 6 heteroatoms. The van der Waals surface area contributed by atoms with E-state index in [1.807, 2.05) is 0 Å². The number of nitrogens with zero attached hydrogens (tertiary/aromatic N) is 2. The predicted molar refractivity (Wildman–Crippen MR) is 70.1 cm³/mol. The lowest BCUT2D eigenvalue weighted by Crippen LogP contribution is -1.91. The summed E-state index contributed by atoms with van der Waals surface area (Å²) < 4.78 is 5.10. The molecule has 0 N–H and O–H groups in total. The van der Waals surface area contributed by atoms with E-state index in [1.165, 1.54) is 12.1 Å². The quantitative estimate of drug-likeness (QED) is 0.524. The maximum atomic E-state index is 10.8. The topological polar surface area (TPSA) is 65.3 Å². The van der Waals surface area contributed by atoms with Gasteiger partial charge in [0.05, 0.1) is 17.7 Å². The molecule has 0 unspecified atom stereocenters. The fraction of sp³-hybridized carbons (Fsp3) is 0.0833. The maximum absolute atomic E-state index is 10.8. The van der Waals surface area contributed by atoms with Crippen molar-refractivity contribution in [3.05, 3.63) is 46.6 Å². The van der Waals surface area contributed by atoms with Crippen molar-refractivity contribution in [1.29, 1.82) is 0 Å². The lowest BCUT2D eigenvalue weighted by molar-refractivity contribution is -0.384. The van der Waals surface area contributed by atoms with Crippen LogP contribution in [-0.4, -0.2) is 17.0 Å². The van der Waals surface area contributed by atoms with Crippen LogP contribution >= 0.6 is 12.6 Å². The van der Waals surface area contributed by atoms with E-state index in [9.17, 15) is 10.1 Å². The number of methoxy groups -OCH3 is 1. The van der Waals surface area contributed by atoms with Crippen molar-refractivity contribution < 1.29 is 9.66 Å². The molecule has 0 bridgehead atoms. The highest BCUT2D eigenvalue weighted by Crippen LogP contribution is 2.30. The molecular weight excluding hydrogens is 252 g/mol. The van der Waals surface area contributed by atoms with E-state index in [1.54, 1.807) is 31.5 Å². The average Bonchev–Trinajstić information content (AvgIpc) is 2.39. The molecule has 0 aliphatic heterocycles. The van der Waals surface area contributed by atoms with Gasteiger partial charge in [-0.2, -0.15) is 0 Å². The van der Waals surface area contributed by atoms with Crippen LogP contribution in [0.3, 0.4) is 0 Å². The fourth-order valence-corrected chi connectivity index (χ4v) is 1.78. The van der Waals surface area contributed by atoms with Gasteiger partial charge in [-0.05, 0) is 12.1 Å². The lowest BCUT2D eigenvalue weighted by Gasteiger charge is -2.06. The zero-order valence-corrected chi connectivity index (χ0v) is 10.4. The van der Waals surface area contributed by atoms with E-state index in [-0.39, 0.29) is 5.69 Å². The summed E-state index contributed by atoms with van der Waals surface area (Å²) in [5.74, 6) is 0.638. The summed E-state index contributed by atoms with van der Waals surface area (Å²) in [7, 11) is 1.55. The Morgan fingerprint density at radius 2 is 2.11 bits per heavy atom. The van der Waals surface area contributed by atoms with Crippen LogP contribution in [0.2, 0.25) is 0 Å². The van der Waals surface area contributed by atoms with Gasteiger partial charge in [0.1, 0.15) is 5.75 Å². The number of benzene rings is 1. The number of hydrogen-bond donors (Lipinski definition) is 1. The first kappa shape index (κ1) is 12.4. The van der Waals surface area contributed by atoms with Crippen LogP contribution in [0.4, 0.5) is 5.69 Å². The third kappa shape index (κ3) is 2.43. The first-order valence-corrected chi connectivity index (χ1v) is 5.54. The van der Waals surface area contributed by atoms with Gasteiger partial charge in [-0.15, -0.1) is 12.6 Å². The highest BCUT2D eigenvalue weighted by molar-refractivity contribution is 7.80. The number of non-ortho nitro benzene ring substituents is 1. The summed E-state index contributed by atoms with van der Waals surface area (Å²) in [5.41, 5.74) is 1.20. The van der Waals surface area contributed by atoms with Crippen molar-refractivity contribution in [3.8, 4) is 17.0 Å². The van der Waals surface area contributed by atoms with Gasteiger partial charge in [0, 0.05) is 34.9 Å². The summed E-state index contributed by atoms with van der Waals surface area (Å²) in [6.07, 6.45) is 1.58. The monoisotopic (exact) mass is 262 g/mol. The Labute approximate surface area is 109 Å². The molecule has 0 radical (unpaired) electrons. The molecule has 5 nitrogen and oxygen atoms in total. The molecule has 1 aromatic heterocycles. The number of aromatic nitrogens is 1. The van der Waals surface area contributed by atoms with Crippen LogP contribution in [0.1, 0.15) is 0 Å². The third-order valence-corrected chi connectivity index (χ3v) is 2.82. The number of thiol groups is 1. The van der Waals surface area contributed by atoms with Gasteiger partial charge in [0.2, 0.25) is 0 Å². The highest BCUT2D eigenvalue weighted by atomic mass is 32.1. The number of pyridine rings is 1. The van der Waals surface area contributed by atoms with E-state index in [0.29, 0.717) is 21.9 Å². The zero-order chi connectivity index (χ0) is 13.1. The minimum absolute atomic E-state index is 0.00687. The fourth-order valence-electron chi connectivity index (χ4n) is 1.53. The third-order valence-electron chi connectivity index (χ3n) is 2.43. The molecule has 0 saturated carbocycles. The van der Waals surface area contributed by atoms with Gasteiger partial charge in [0.25, 0.3) is 5.69 Å². The summed E-state index contributed by atoms with van der Waals surface area (Å²) in [4.78, 5) is 15.1. The molecule has 0 spiro atoms. The second-order valence-corrected chi connectivity index (χ2v) is 4.02. The molecule has 92 valence electrons. The normalized spacial score (nSPS) is 10.1. The van der Waals surface area contributed by atoms with Crippen LogP contribution in [0.5, 0.6) is 5.75 Å². The van der Waals surface area contributed by atoms with Crippen molar-refractivity contribution in [1.82, 2.24) is 4.98 Å². The minimum atomic E-state index is -0.448. The van der Waals surface area contributed by atoms with Gasteiger partial charge in [-0.25, -0.2) is 0 Å². The van der Waals surface area contributed by atoms with Crippen molar-refractivity contribution in [3.63, 3.8) is 0 Å². The molecular formula is C12H10N2O3S. The number of rotatable bonds is 3. The van der Waals surface area contributed by atoms with Gasteiger partial charge in [-0.3, -0.25) is 15.1 Å². The summed E-state index contributed by atoms with van der Waals surface area (Å²) in [6.45, 7) is 0. The van der Waals surface area contributed by atoms with Gasteiger partial charge < -0.3 is 4.74 Å². The van der Waals surface area contributed by atoms with Gasteiger partial charge in [-0.1, -0.05) is 0 Å². The first-order valence-electron chi connectivity index (χ1n) is 5.09. The number of nitro groups is 1. The van der Waals surface area contributed by atoms with Crippen molar-refractivity contribution in [2.75, 3.05) is 7.11 Å². The molecule has 0 aliphatic rings. The van der Waals surface area contributed by atoms with Crippen LogP contribution in [0, 0.1) is 10.1 Å². The number of hydrogen-bond acceptors (Lipinski definition) is 5. The zero-order valence-electron chi connectivity index (χ0n) is 9.53. The SMILES string of the molecule is COc1ccnc(-c2cc([N+](=O)[O-])ccc2S)c1. The molecule has 0 fully saturated rings. The van der Waals surface area contributed by atoms with Crippen molar-refractivity contribution in [2.45, 2.75) is 4.90 Å². The van der Waals surface area contributed by atoms with E-state index in [4.69, 9.17) is 4.74 Å². The Bertz CT molecular complexity index is 602. The minimum Gasteiger partial charge on any atom is -0.497 e. The largest absolute Gasteiger partial charge is 0.497 e. The van der Waals surface area contributed by atoms with Gasteiger partial charge >= 0.3 is 0 Å². The van der Waals surface area contributed by atoms with E-state index < -0.39 is 4.92 Å². The molecule has 1 aromatic carbocycles. The summed E-state index contributed by atoms with van der Waals surface area (Å²) >= 11 is 4.29. The molecule has 0 aliphatic carbocycles. The molecule has 0 atom stereocenters. The van der Waals surface area contributed by atoms with Crippen LogP contribution in [0.25, 0.3) is 11.3 Å². The molecule has 0 amide bonds. The Morgan fingerprint density at radius 1 is 1.33 bits per heavy atom. The standard InChI is InChI=1S/C12H10N2O3S/c1-17-9-4-5-13-11(7-9)10-6-8(14(15)16)2-3-12(10)18/h2-7,18H,1H3. The smallest absolute Gasteiger partial charge is 0.270 e. The van der Waals surface area contributed by atoms with Crippen LogP contribution in [0.15, 0.2) is 41.4 Å². The average molecular weight is 262 g/mol. The lowest BCUT2D eigenvalue weighted by atomic mass is 10.1. The van der Waals surface area contributed by atoms with Crippen LogP contribution < -0.4 is 4.74 Å². The van der Waals surface area contributed by atoms with E-state index in [2.05, 4.69) is 17.6 Å². The summed E-state index contributed by atoms with van der Waals surface area (Å²) in [6, 6.07) is 7.85. The number of nitro benzene ring substituents is 1. The Hall–Kier alpha value is -2.08. The molecule has 2 aromatic rings. The maximum Gasteiger partial charge on any atom is 0.270 e. The second kappa shape index (κ2) is 5.05. The molecule has 2 rings (SSSR count). The van der Waals surface area contributed by atoms with E-state index >= 15 is 0 Å². The Kier molecular flexibility index (Phi) is 3.47.